The zero-order chi connectivity index (χ0) is 12.0. The van der Waals surface area contributed by atoms with E-state index in [2.05, 4.69) is 15.5 Å². The summed E-state index contributed by atoms with van der Waals surface area (Å²) in [6.45, 7) is 0.369. The molecule has 1 N–H and O–H groups in total. The van der Waals surface area contributed by atoms with Gasteiger partial charge in [0.05, 0.1) is 23.5 Å². The van der Waals surface area contributed by atoms with E-state index in [1.165, 1.54) is 17.0 Å². The molecule has 2 aromatic rings. The van der Waals surface area contributed by atoms with E-state index in [9.17, 15) is 13.2 Å². The third kappa shape index (κ3) is 1.46. The number of anilines is 1. The molecule has 0 saturated heterocycles. The van der Waals surface area contributed by atoms with Gasteiger partial charge in [-0.2, -0.15) is 13.2 Å². The molecule has 2 heterocycles. The molecule has 0 aliphatic carbocycles. The topological polar surface area (TPSA) is 42.7 Å². The normalized spacial score (nSPS) is 13.8. The Morgan fingerprint density at radius 1 is 1.29 bits per heavy atom. The van der Waals surface area contributed by atoms with Crippen molar-refractivity contribution in [2.75, 3.05) is 5.32 Å². The lowest BCUT2D eigenvalue weighted by molar-refractivity contribution is -0.137. The minimum Gasteiger partial charge on any atom is -0.376 e. The Kier molecular flexibility index (Phi) is 1.92. The largest absolute Gasteiger partial charge is 0.418 e. The van der Waals surface area contributed by atoms with Gasteiger partial charge in [-0.1, -0.05) is 6.07 Å². The van der Waals surface area contributed by atoms with E-state index < -0.39 is 11.7 Å². The molecule has 1 aromatic heterocycles. The number of benzene rings is 1. The van der Waals surface area contributed by atoms with Crippen LogP contribution in [0.1, 0.15) is 11.4 Å². The predicted molar refractivity (Wildman–Crippen MR) is 53.7 cm³/mol. The van der Waals surface area contributed by atoms with Gasteiger partial charge >= 0.3 is 6.18 Å². The van der Waals surface area contributed by atoms with Crippen molar-refractivity contribution in [2.24, 2.45) is 0 Å². The molecule has 0 saturated carbocycles. The van der Waals surface area contributed by atoms with Crippen molar-refractivity contribution in [3.05, 3.63) is 35.9 Å². The lowest BCUT2D eigenvalue weighted by atomic mass is 10.1. The SMILES string of the molecule is FC(F)(F)c1cccc2c1-n1cnnc1CN2. The molecule has 0 spiro atoms. The van der Waals surface area contributed by atoms with Gasteiger partial charge in [-0.25, -0.2) is 0 Å². The predicted octanol–water partition coefficient (Wildman–Crippen LogP) is 2.21. The minimum absolute atomic E-state index is 0.0613. The van der Waals surface area contributed by atoms with Crippen LogP contribution in [0, 0.1) is 0 Å². The van der Waals surface area contributed by atoms with Crippen LogP contribution >= 0.6 is 0 Å². The molecule has 88 valence electrons. The van der Waals surface area contributed by atoms with Crippen LogP contribution in [-0.4, -0.2) is 14.8 Å². The van der Waals surface area contributed by atoms with Gasteiger partial charge in [0.2, 0.25) is 0 Å². The van der Waals surface area contributed by atoms with Gasteiger partial charge in [0.15, 0.2) is 5.82 Å². The fourth-order valence-corrected chi connectivity index (χ4v) is 1.91. The van der Waals surface area contributed by atoms with Crippen LogP contribution in [0.5, 0.6) is 0 Å². The van der Waals surface area contributed by atoms with Gasteiger partial charge in [0, 0.05) is 0 Å². The first kappa shape index (κ1) is 10.1. The molecular weight excluding hydrogens is 233 g/mol. The van der Waals surface area contributed by atoms with Crippen LogP contribution in [-0.2, 0) is 12.7 Å². The van der Waals surface area contributed by atoms with E-state index in [0.29, 0.717) is 18.1 Å². The zero-order valence-electron chi connectivity index (χ0n) is 8.49. The number of nitrogens with one attached hydrogen (secondary N) is 1. The van der Waals surface area contributed by atoms with Gasteiger partial charge in [0.25, 0.3) is 0 Å². The third-order valence-corrected chi connectivity index (χ3v) is 2.64. The molecular formula is C10H7F3N4. The highest BCUT2D eigenvalue weighted by Gasteiger charge is 2.36. The maximum atomic E-state index is 12.9. The summed E-state index contributed by atoms with van der Waals surface area (Å²) in [5, 5.41) is 10.3. The molecule has 3 rings (SSSR count). The van der Waals surface area contributed by atoms with Crippen molar-refractivity contribution in [1.82, 2.24) is 14.8 Å². The number of halogens is 3. The van der Waals surface area contributed by atoms with Gasteiger partial charge in [-0.05, 0) is 12.1 Å². The van der Waals surface area contributed by atoms with Gasteiger partial charge in [-0.15, -0.1) is 10.2 Å². The molecule has 17 heavy (non-hydrogen) atoms. The highest BCUT2D eigenvalue weighted by molar-refractivity contribution is 5.67. The summed E-state index contributed by atoms with van der Waals surface area (Å²) in [5.74, 6) is 0.467. The Bertz CT molecular complexity index is 573. The van der Waals surface area contributed by atoms with Crippen molar-refractivity contribution in [3.8, 4) is 5.69 Å². The van der Waals surface area contributed by atoms with Crippen LogP contribution in [0.25, 0.3) is 5.69 Å². The van der Waals surface area contributed by atoms with Gasteiger partial charge < -0.3 is 5.32 Å². The van der Waals surface area contributed by atoms with Crippen molar-refractivity contribution in [3.63, 3.8) is 0 Å². The molecule has 1 aromatic carbocycles. The summed E-state index contributed by atoms with van der Waals surface area (Å²) in [4.78, 5) is 0. The minimum atomic E-state index is -4.40. The number of alkyl halides is 3. The average Bonchev–Trinajstić information content (AvgIpc) is 2.75. The molecule has 7 heteroatoms. The van der Waals surface area contributed by atoms with Gasteiger partial charge in [-0.3, -0.25) is 4.57 Å². The molecule has 0 fully saturated rings. The van der Waals surface area contributed by atoms with E-state index in [1.807, 2.05) is 0 Å². The second-order valence-electron chi connectivity index (χ2n) is 3.67. The first-order valence-electron chi connectivity index (χ1n) is 4.91. The van der Waals surface area contributed by atoms with Crippen LogP contribution in [0.3, 0.4) is 0 Å². The summed E-state index contributed by atoms with van der Waals surface area (Å²) >= 11 is 0. The number of hydrogen-bond acceptors (Lipinski definition) is 3. The summed E-state index contributed by atoms with van der Waals surface area (Å²) in [6, 6.07) is 4.03. The number of hydrogen-bond donors (Lipinski definition) is 1. The second kappa shape index (κ2) is 3.22. The molecule has 1 aliphatic heterocycles. The summed E-state index contributed by atoms with van der Waals surface area (Å²) < 4.78 is 40.1. The van der Waals surface area contributed by atoms with E-state index in [1.54, 1.807) is 6.07 Å². The summed E-state index contributed by atoms with van der Waals surface area (Å²) in [6.07, 6.45) is -3.10. The average molecular weight is 240 g/mol. The quantitative estimate of drug-likeness (QED) is 0.767. The highest BCUT2D eigenvalue weighted by atomic mass is 19.4. The molecule has 0 radical (unpaired) electrons. The lowest BCUT2D eigenvalue weighted by Crippen LogP contribution is -2.20. The van der Waals surface area contributed by atoms with Crippen LogP contribution in [0.4, 0.5) is 18.9 Å². The first-order chi connectivity index (χ1) is 8.07. The molecule has 0 amide bonds. The Labute approximate surface area is 94.1 Å². The lowest BCUT2D eigenvalue weighted by Gasteiger charge is -2.23. The van der Waals surface area contributed by atoms with E-state index in [0.717, 1.165) is 6.07 Å². The van der Waals surface area contributed by atoms with Crippen LogP contribution in [0.15, 0.2) is 24.5 Å². The Balaban J connectivity index is 2.30. The number of fused-ring (bicyclic) bond motifs is 3. The second-order valence-corrected chi connectivity index (χ2v) is 3.67. The number of rotatable bonds is 0. The van der Waals surface area contributed by atoms with Crippen molar-refractivity contribution in [2.45, 2.75) is 12.7 Å². The van der Waals surface area contributed by atoms with E-state index in [4.69, 9.17) is 0 Å². The van der Waals surface area contributed by atoms with E-state index in [-0.39, 0.29) is 5.69 Å². The Hall–Kier alpha value is -2.05. The Morgan fingerprint density at radius 2 is 2.12 bits per heavy atom. The fourth-order valence-electron chi connectivity index (χ4n) is 1.91. The van der Waals surface area contributed by atoms with Crippen LogP contribution in [0.2, 0.25) is 0 Å². The maximum Gasteiger partial charge on any atom is 0.418 e. The monoisotopic (exact) mass is 240 g/mol. The molecule has 0 unspecified atom stereocenters. The molecule has 1 aliphatic rings. The van der Waals surface area contributed by atoms with Crippen molar-refractivity contribution < 1.29 is 13.2 Å². The summed E-state index contributed by atoms with van der Waals surface area (Å²) in [7, 11) is 0. The molecule has 4 nitrogen and oxygen atoms in total. The Morgan fingerprint density at radius 3 is 2.88 bits per heavy atom. The number of para-hydroxylation sites is 1. The number of aromatic nitrogens is 3. The van der Waals surface area contributed by atoms with Crippen molar-refractivity contribution in [1.29, 1.82) is 0 Å². The number of nitrogens with zero attached hydrogens (tertiary/aromatic N) is 3. The smallest absolute Gasteiger partial charge is 0.376 e. The molecule has 0 atom stereocenters. The van der Waals surface area contributed by atoms with Gasteiger partial charge in [0.1, 0.15) is 6.33 Å². The molecule has 0 bridgehead atoms. The highest BCUT2D eigenvalue weighted by Crippen LogP contribution is 2.39. The maximum absolute atomic E-state index is 12.9. The third-order valence-electron chi connectivity index (χ3n) is 2.64. The summed E-state index contributed by atoms with van der Waals surface area (Å²) in [5.41, 5.74) is -0.193. The van der Waals surface area contributed by atoms with Crippen molar-refractivity contribution >= 4 is 5.69 Å². The zero-order valence-corrected chi connectivity index (χ0v) is 8.49. The fraction of sp³-hybridized carbons (Fsp3) is 0.200. The standard InChI is InChI=1S/C10H7F3N4/c11-10(12,13)6-2-1-3-7-9(6)17-5-15-16-8(17)4-14-7/h1-3,5,14H,4H2. The van der Waals surface area contributed by atoms with Crippen LogP contribution < -0.4 is 5.32 Å². The van der Waals surface area contributed by atoms with E-state index >= 15 is 0 Å². The first-order valence-corrected chi connectivity index (χ1v) is 4.91.